The van der Waals surface area contributed by atoms with Crippen molar-refractivity contribution in [2.45, 2.75) is 0 Å². The zero-order valence-corrected chi connectivity index (χ0v) is 9.11. The molecule has 0 rings (SSSR count). The largest absolute Gasteiger partial charge is 0.367 e. The van der Waals surface area contributed by atoms with Gasteiger partial charge in [0.2, 0.25) is 0 Å². The summed E-state index contributed by atoms with van der Waals surface area (Å²) in [6.45, 7) is -1.06. The molecule has 0 radical (unpaired) electrons. The molecule has 0 aromatic carbocycles. The number of ether oxygens (including phenoxy) is 1. The summed E-state index contributed by atoms with van der Waals surface area (Å²) < 4.78 is 28.3. The molecule has 76 valence electrons. The molecule has 0 aromatic heterocycles. The first-order valence-corrected chi connectivity index (χ1v) is 4.43. The highest BCUT2D eigenvalue weighted by molar-refractivity contribution is 6.56. The second kappa shape index (κ2) is 6.85. The summed E-state index contributed by atoms with van der Waals surface area (Å²) in [7, 11) is 0. The van der Waals surface area contributed by atoms with E-state index in [1.165, 1.54) is 0 Å². The van der Waals surface area contributed by atoms with E-state index < -0.39 is 33.9 Å². The van der Waals surface area contributed by atoms with Crippen molar-refractivity contribution < 1.29 is 13.5 Å². The molecule has 0 atom stereocenters. The first-order valence-electron chi connectivity index (χ1n) is 2.92. The van der Waals surface area contributed by atoms with Gasteiger partial charge in [0.15, 0.2) is 11.7 Å². The van der Waals surface area contributed by atoms with Crippen LogP contribution in [0.3, 0.4) is 0 Å². The van der Waals surface area contributed by atoms with Crippen LogP contribution in [0, 0.1) is 0 Å². The summed E-state index contributed by atoms with van der Waals surface area (Å²) in [6.07, 6.45) is 0. The fourth-order valence-corrected chi connectivity index (χ4v) is 0.558. The minimum Gasteiger partial charge on any atom is -0.367 e. The van der Waals surface area contributed by atoms with E-state index in [1.54, 1.807) is 0 Å². The van der Waals surface area contributed by atoms with Crippen LogP contribution in [0.25, 0.3) is 0 Å². The lowest BCUT2D eigenvalue weighted by Gasteiger charge is -2.00. The van der Waals surface area contributed by atoms with E-state index in [0.717, 1.165) is 0 Å². The van der Waals surface area contributed by atoms with Crippen molar-refractivity contribution in [2.24, 2.45) is 0 Å². The average Bonchev–Trinajstić information content (AvgIpc) is 2.03. The molecule has 0 fully saturated rings. The van der Waals surface area contributed by atoms with E-state index in [4.69, 9.17) is 46.4 Å². The Morgan fingerprint density at radius 3 is 1.38 bits per heavy atom. The molecule has 7 heteroatoms. The molecule has 0 aliphatic rings. The van der Waals surface area contributed by atoms with E-state index >= 15 is 0 Å². The van der Waals surface area contributed by atoms with Gasteiger partial charge in [-0.15, -0.1) is 0 Å². The van der Waals surface area contributed by atoms with Crippen molar-refractivity contribution in [3.8, 4) is 0 Å². The second-order valence-corrected chi connectivity index (χ2v) is 3.72. The minimum absolute atomic E-state index is 0.531. The molecular weight excluding hydrogens is 268 g/mol. The smallest absolute Gasteiger partial charge is 0.156 e. The Bertz CT molecular complexity index is 207. The van der Waals surface area contributed by atoms with Gasteiger partial charge in [-0.05, 0) is 0 Å². The zero-order chi connectivity index (χ0) is 10.4. The number of rotatable bonds is 4. The highest BCUT2D eigenvalue weighted by Crippen LogP contribution is 2.18. The Kier molecular flexibility index (Phi) is 7.09. The lowest BCUT2D eigenvalue weighted by Crippen LogP contribution is -1.98. The van der Waals surface area contributed by atoms with Crippen LogP contribution in [0.2, 0.25) is 0 Å². The van der Waals surface area contributed by atoms with Gasteiger partial charge in [-0.2, -0.15) is 0 Å². The van der Waals surface area contributed by atoms with Gasteiger partial charge in [0, 0.05) is 0 Å². The minimum atomic E-state index is -0.887. The topological polar surface area (TPSA) is 9.23 Å². The predicted octanol–water partition coefficient (Wildman–Crippen LogP) is 4.24. The number of hydrogen-bond acceptors (Lipinski definition) is 1. The molecular formula is C6H4Cl4F2O. The first kappa shape index (κ1) is 13.5. The molecule has 0 saturated carbocycles. The van der Waals surface area contributed by atoms with Crippen LogP contribution in [-0.4, -0.2) is 13.2 Å². The maximum atomic E-state index is 12.5. The van der Waals surface area contributed by atoms with Crippen LogP contribution in [0.5, 0.6) is 0 Å². The van der Waals surface area contributed by atoms with Gasteiger partial charge in [0.25, 0.3) is 0 Å². The van der Waals surface area contributed by atoms with E-state index in [0.29, 0.717) is 0 Å². The number of hydrogen-bond donors (Lipinski definition) is 0. The van der Waals surface area contributed by atoms with Crippen molar-refractivity contribution >= 4 is 46.4 Å². The van der Waals surface area contributed by atoms with Gasteiger partial charge in [-0.3, -0.25) is 0 Å². The normalized spacial score (nSPS) is 9.69. The molecule has 0 unspecified atom stereocenters. The Morgan fingerprint density at radius 1 is 0.846 bits per heavy atom. The Hall–Kier alpha value is 0.460. The standard InChI is InChI=1S/C6H4Cl4F2O/c7-5(8)3(11)1-13-2-4(12)6(9)10/h1-2H2. The van der Waals surface area contributed by atoms with Crippen molar-refractivity contribution in [1.82, 2.24) is 0 Å². The molecule has 0 bridgehead atoms. The summed E-state index contributed by atoms with van der Waals surface area (Å²) >= 11 is 20.2. The molecule has 0 amide bonds. The zero-order valence-electron chi connectivity index (χ0n) is 6.09. The van der Waals surface area contributed by atoms with E-state index in [1.807, 2.05) is 0 Å². The fraction of sp³-hybridized carbons (Fsp3) is 0.333. The van der Waals surface area contributed by atoms with Gasteiger partial charge in [-0.1, -0.05) is 46.4 Å². The SMILES string of the molecule is FC(COCC(F)=C(Cl)Cl)=C(Cl)Cl. The Morgan fingerprint density at radius 2 is 1.15 bits per heavy atom. The molecule has 0 aliphatic carbocycles. The van der Waals surface area contributed by atoms with Gasteiger partial charge >= 0.3 is 0 Å². The van der Waals surface area contributed by atoms with Crippen molar-refractivity contribution in [3.63, 3.8) is 0 Å². The van der Waals surface area contributed by atoms with Crippen molar-refractivity contribution in [1.29, 1.82) is 0 Å². The molecule has 1 nitrogen and oxygen atoms in total. The van der Waals surface area contributed by atoms with Crippen LogP contribution in [0.4, 0.5) is 8.78 Å². The summed E-state index contributed by atoms with van der Waals surface area (Å²) in [6, 6.07) is 0. The summed E-state index contributed by atoms with van der Waals surface area (Å²) in [5.74, 6) is -1.77. The first-order chi connectivity index (χ1) is 5.95. The van der Waals surface area contributed by atoms with E-state index in [9.17, 15) is 8.78 Å². The molecule has 0 N–H and O–H groups in total. The maximum absolute atomic E-state index is 12.5. The van der Waals surface area contributed by atoms with Gasteiger partial charge < -0.3 is 4.74 Å². The average molecular weight is 272 g/mol. The predicted molar refractivity (Wildman–Crippen MR) is 50.5 cm³/mol. The summed E-state index contributed by atoms with van der Waals surface area (Å²) in [5.41, 5.74) is 0. The van der Waals surface area contributed by atoms with Crippen LogP contribution in [0.15, 0.2) is 20.6 Å². The van der Waals surface area contributed by atoms with Crippen molar-refractivity contribution in [3.05, 3.63) is 20.6 Å². The van der Waals surface area contributed by atoms with Gasteiger partial charge in [0.05, 0.1) is 0 Å². The third-order valence-electron chi connectivity index (χ3n) is 0.868. The van der Waals surface area contributed by atoms with Gasteiger partial charge in [0.1, 0.15) is 22.2 Å². The van der Waals surface area contributed by atoms with Crippen molar-refractivity contribution in [2.75, 3.05) is 13.2 Å². The molecule has 13 heavy (non-hydrogen) atoms. The molecule has 0 spiro atoms. The lowest BCUT2D eigenvalue weighted by molar-refractivity contribution is 0.150. The van der Waals surface area contributed by atoms with Gasteiger partial charge in [-0.25, -0.2) is 8.78 Å². The third kappa shape index (κ3) is 6.52. The van der Waals surface area contributed by atoms with E-state index in [2.05, 4.69) is 4.74 Å². The highest BCUT2D eigenvalue weighted by atomic mass is 35.5. The van der Waals surface area contributed by atoms with Crippen LogP contribution >= 0.6 is 46.4 Å². The molecule has 0 saturated heterocycles. The molecule has 0 heterocycles. The Labute approximate surface area is 93.8 Å². The molecule has 0 aliphatic heterocycles. The highest BCUT2D eigenvalue weighted by Gasteiger charge is 2.04. The van der Waals surface area contributed by atoms with Crippen LogP contribution < -0.4 is 0 Å². The third-order valence-corrected chi connectivity index (χ3v) is 1.69. The second-order valence-electron chi connectivity index (χ2n) is 1.82. The monoisotopic (exact) mass is 270 g/mol. The lowest BCUT2D eigenvalue weighted by atomic mass is 10.6. The maximum Gasteiger partial charge on any atom is 0.156 e. The Balaban J connectivity index is 3.83. The van der Waals surface area contributed by atoms with E-state index in [-0.39, 0.29) is 0 Å². The number of halogens is 6. The summed E-state index contributed by atoms with van der Waals surface area (Å²) in [5, 5.41) is 0. The quantitative estimate of drug-likeness (QED) is 0.743. The summed E-state index contributed by atoms with van der Waals surface area (Å²) in [4.78, 5) is 0. The fourth-order valence-electron chi connectivity index (χ4n) is 0.339. The van der Waals surface area contributed by atoms with Crippen LogP contribution in [-0.2, 0) is 4.74 Å². The molecule has 0 aromatic rings. The van der Waals surface area contributed by atoms with Crippen LogP contribution in [0.1, 0.15) is 0 Å².